The third-order valence-corrected chi connectivity index (χ3v) is 3.14. The standard InChI is InChI=1S/C14H17FN4/c1-9(11-6-4-5-7-12(11)15)19(3)14-8-13(16)17-10(2)18-14/h4-9H,1-3H3,(H2,16,17,18). The van der Waals surface area contributed by atoms with Crippen molar-refractivity contribution >= 4 is 11.6 Å². The first kappa shape index (κ1) is 13.3. The number of hydrogen-bond acceptors (Lipinski definition) is 4. The third-order valence-electron chi connectivity index (χ3n) is 3.14. The quantitative estimate of drug-likeness (QED) is 0.922. The maximum Gasteiger partial charge on any atom is 0.134 e. The average molecular weight is 260 g/mol. The summed E-state index contributed by atoms with van der Waals surface area (Å²) in [4.78, 5) is 10.2. The van der Waals surface area contributed by atoms with Gasteiger partial charge in [-0.15, -0.1) is 0 Å². The third kappa shape index (κ3) is 2.81. The Labute approximate surface area is 112 Å². The van der Waals surface area contributed by atoms with Gasteiger partial charge in [0.15, 0.2) is 0 Å². The molecule has 0 spiro atoms. The molecule has 5 heteroatoms. The minimum absolute atomic E-state index is 0.144. The van der Waals surface area contributed by atoms with Crippen LogP contribution < -0.4 is 10.6 Å². The number of benzene rings is 1. The first-order valence-electron chi connectivity index (χ1n) is 6.07. The zero-order valence-electron chi connectivity index (χ0n) is 11.3. The summed E-state index contributed by atoms with van der Waals surface area (Å²) in [7, 11) is 1.86. The van der Waals surface area contributed by atoms with Crippen molar-refractivity contribution in [1.82, 2.24) is 9.97 Å². The minimum atomic E-state index is -0.222. The molecule has 1 aromatic carbocycles. The van der Waals surface area contributed by atoms with Crippen LogP contribution in [-0.4, -0.2) is 17.0 Å². The predicted octanol–water partition coefficient (Wildman–Crippen LogP) is 2.70. The van der Waals surface area contributed by atoms with E-state index < -0.39 is 0 Å². The van der Waals surface area contributed by atoms with Crippen LogP contribution in [0.5, 0.6) is 0 Å². The largest absolute Gasteiger partial charge is 0.384 e. The van der Waals surface area contributed by atoms with E-state index in [1.54, 1.807) is 25.1 Å². The number of anilines is 2. The number of nitrogens with two attached hydrogens (primary N) is 1. The molecule has 0 saturated heterocycles. The van der Waals surface area contributed by atoms with Crippen LogP contribution in [0, 0.1) is 12.7 Å². The number of aryl methyl sites for hydroxylation is 1. The fourth-order valence-corrected chi connectivity index (χ4v) is 1.98. The van der Waals surface area contributed by atoms with Crippen molar-refractivity contribution in [2.75, 3.05) is 17.7 Å². The van der Waals surface area contributed by atoms with Crippen molar-refractivity contribution in [3.8, 4) is 0 Å². The van der Waals surface area contributed by atoms with E-state index in [1.165, 1.54) is 6.07 Å². The van der Waals surface area contributed by atoms with Gasteiger partial charge in [0.2, 0.25) is 0 Å². The summed E-state index contributed by atoms with van der Waals surface area (Å²) in [6, 6.07) is 8.27. The molecule has 1 aromatic heterocycles. The van der Waals surface area contributed by atoms with E-state index >= 15 is 0 Å². The SMILES string of the molecule is Cc1nc(N)cc(N(C)C(C)c2ccccc2F)n1. The topological polar surface area (TPSA) is 55.0 Å². The summed E-state index contributed by atoms with van der Waals surface area (Å²) in [6.45, 7) is 3.70. The van der Waals surface area contributed by atoms with Gasteiger partial charge in [-0.25, -0.2) is 14.4 Å². The van der Waals surface area contributed by atoms with Crippen molar-refractivity contribution < 1.29 is 4.39 Å². The molecule has 0 saturated carbocycles. The Balaban J connectivity index is 2.33. The molecule has 1 atom stereocenters. The first-order valence-corrected chi connectivity index (χ1v) is 6.07. The molecule has 100 valence electrons. The van der Waals surface area contributed by atoms with Gasteiger partial charge in [-0.1, -0.05) is 18.2 Å². The van der Waals surface area contributed by atoms with Crippen LogP contribution in [0.3, 0.4) is 0 Å². The molecule has 0 aliphatic heterocycles. The lowest BCUT2D eigenvalue weighted by Crippen LogP contribution is -2.24. The molecule has 0 bridgehead atoms. The monoisotopic (exact) mass is 260 g/mol. The van der Waals surface area contributed by atoms with Gasteiger partial charge in [0.25, 0.3) is 0 Å². The average Bonchev–Trinajstić information content (AvgIpc) is 2.36. The van der Waals surface area contributed by atoms with Crippen molar-refractivity contribution in [3.05, 3.63) is 47.5 Å². The number of hydrogen-bond donors (Lipinski definition) is 1. The molecule has 0 aliphatic carbocycles. The zero-order valence-corrected chi connectivity index (χ0v) is 11.3. The van der Waals surface area contributed by atoms with E-state index in [9.17, 15) is 4.39 Å². The lowest BCUT2D eigenvalue weighted by molar-refractivity contribution is 0.584. The molecule has 19 heavy (non-hydrogen) atoms. The van der Waals surface area contributed by atoms with E-state index in [0.717, 1.165) is 0 Å². The Morgan fingerprint density at radius 2 is 1.95 bits per heavy atom. The highest BCUT2D eigenvalue weighted by Crippen LogP contribution is 2.26. The van der Waals surface area contributed by atoms with Gasteiger partial charge in [-0.05, 0) is 19.9 Å². The summed E-state index contributed by atoms with van der Waals surface area (Å²) in [6.07, 6.45) is 0. The fourth-order valence-electron chi connectivity index (χ4n) is 1.98. The van der Waals surface area contributed by atoms with Crippen LogP contribution in [-0.2, 0) is 0 Å². The Morgan fingerprint density at radius 1 is 1.26 bits per heavy atom. The fraction of sp³-hybridized carbons (Fsp3) is 0.286. The van der Waals surface area contributed by atoms with E-state index in [2.05, 4.69) is 9.97 Å². The molecule has 1 heterocycles. The summed E-state index contributed by atoms with van der Waals surface area (Å²) < 4.78 is 13.8. The lowest BCUT2D eigenvalue weighted by Gasteiger charge is -2.26. The predicted molar refractivity (Wildman–Crippen MR) is 74.4 cm³/mol. The summed E-state index contributed by atoms with van der Waals surface area (Å²) in [5, 5.41) is 0. The molecule has 0 fully saturated rings. The van der Waals surface area contributed by atoms with Gasteiger partial charge in [-0.3, -0.25) is 0 Å². The van der Waals surface area contributed by atoms with Gasteiger partial charge < -0.3 is 10.6 Å². The highest BCUT2D eigenvalue weighted by Gasteiger charge is 2.17. The van der Waals surface area contributed by atoms with Gasteiger partial charge in [0.05, 0.1) is 6.04 Å². The Morgan fingerprint density at radius 3 is 2.58 bits per heavy atom. The van der Waals surface area contributed by atoms with Crippen molar-refractivity contribution in [3.63, 3.8) is 0 Å². The maximum atomic E-state index is 13.8. The molecular formula is C14H17FN4. The zero-order chi connectivity index (χ0) is 14.0. The second-order valence-corrected chi connectivity index (χ2v) is 4.51. The van der Waals surface area contributed by atoms with E-state index in [4.69, 9.17) is 5.73 Å². The van der Waals surface area contributed by atoms with E-state index in [-0.39, 0.29) is 11.9 Å². The molecule has 0 aliphatic rings. The van der Waals surface area contributed by atoms with Crippen LogP contribution in [0.4, 0.5) is 16.0 Å². The van der Waals surface area contributed by atoms with Crippen molar-refractivity contribution in [1.29, 1.82) is 0 Å². The van der Waals surface area contributed by atoms with Crippen LogP contribution >= 0.6 is 0 Å². The van der Waals surface area contributed by atoms with Crippen molar-refractivity contribution in [2.24, 2.45) is 0 Å². The highest BCUT2D eigenvalue weighted by atomic mass is 19.1. The van der Waals surface area contributed by atoms with Crippen molar-refractivity contribution in [2.45, 2.75) is 19.9 Å². The summed E-state index contributed by atoms with van der Waals surface area (Å²) in [5.41, 5.74) is 6.34. The second-order valence-electron chi connectivity index (χ2n) is 4.51. The minimum Gasteiger partial charge on any atom is -0.384 e. The van der Waals surface area contributed by atoms with Crippen LogP contribution in [0.25, 0.3) is 0 Å². The maximum absolute atomic E-state index is 13.8. The molecule has 4 nitrogen and oxygen atoms in total. The van der Waals surface area contributed by atoms with Crippen LogP contribution in [0.15, 0.2) is 30.3 Å². The molecular weight excluding hydrogens is 243 g/mol. The number of rotatable bonds is 3. The summed E-state index contributed by atoms with van der Waals surface area (Å²) in [5.74, 6) is 1.47. The Kier molecular flexibility index (Phi) is 3.64. The summed E-state index contributed by atoms with van der Waals surface area (Å²) >= 11 is 0. The highest BCUT2D eigenvalue weighted by molar-refractivity contribution is 5.48. The number of nitrogens with zero attached hydrogens (tertiary/aromatic N) is 3. The molecule has 2 N–H and O–H groups in total. The number of aromatic nitrogens is 2. The Hall–Kier alpha value is -2.17. The van der Waals surface area contributed by atoms with Gasteiger partial charge in [0.1, 0.15) is 23.3 Å². The number of nitrogen functional groups attached to an aromatic ring is 1. The first-order chi connectivity index (χ1) is 8.99. The molecule has 2 rings (SSSR count). The number of halogens is 1. The van der Waals surface area contributed by atoms with Crippen LogP contribution in [0.2, 0.25) is 0 Å². The molecule has 2 aromatic rings. The lowest BCUT2D eigenvalue weighted by atomic mass is 10.1. The second kappa shape index (κ2) is 5.22. The van der Waals surface area contributed by atoms with Crippen LogP contribution in [0.1, 0.15) is 24.4 Å². The Bertz CT molecular complexity index is 565. The molecule has 0 radical (unpaired) electrons. The normalized spacial score (nSPS) is 12.2. The molecule has 0 amide bonds. The van der Waals surface area contributed by atoms with E-state index in [0.29, 0.717) is 23.0 Å². The van der Waals surface area contributed by atoms with Gasteiger partial charge >= 0.3 is 0 Å². The van der Waals surface area contributed by atoms with Gasteiger partial charge in [-0.2, -0.15) is 0 Å². The van der Waals surface area contributed by atoms with E-state index in [1.807, 2.05) is 24.9 Å². The smallest absolute Gasteiger partial charge is 0.134 e. The molecule has 1 unspecified atom stereocenters. The van der Waals surface area contributed by atoms with Gasteiger partial charge in [0, 0.05) is 18.7 Å².